The number of nitrogens with two attached hydrogens (primary N) is 1. The van der Waals surface area contributed by atoms with Gasteiger partial charge in [0.15, 0.2) is 0 Å². The third kappa shape index (κ3) is 5.74. The molecule has 1 aliphatic carbocycles. The lowest BCUT2D eigenvalue weighted by molar-refractivity contribution is -0.118. The van der Waals surface area contributed by atoms with Gasteiger partial charge in [-0.25, -0.2) is 13.6 Å². The van der Waals surface area contributed by atoms with Crippen molar-refractivity contribution in [1.82, 2.24) is 0 Å². The van der Waals surface area contributed by atoms with Gasteiger partial charge >= 0.3 is 5.97 Å². The Bertz CT molecular complexity index is 1300. The molecule has 0 radical (unpaired) electrons. The van der Waals surface area contributed by atoms with Gasteiger partial charge in [0.2, 0.25) is 5.91 Å². The van der Waals surface area contributed by atoms with E-state index >= 15 is 0 Å². The smallest absolute Gasteiger partial charge is 0.335 e. The van der Waals surface area contributed by atoms with E-state index in [0.29, 0.717) is 29.7 Å². The summed E-state index contributed by atoms with van der Waals surface area (Å²) in [6.07, 6.45) is 2.55. The number of amides is 1. The Balaban J connectivity index is 1.69. The largest absolute Gasteiger partial charge is 0.488 e. The van der Waals surface area contributed by atoms with Crippen LogP contribution in [0.25, 0.3) is 11.1 Å². The number of halogens is 2. The number of aryl methyl sites for hydroxylation is 1. The van der Waals surface area contributed by atoms with Gasteiger partial charge < -0.3 is 15.6 Å². The molecule has 0 saturated carbocycles. The van der Waals surface area contributed by atoms with Crippen molar-refractivity contribution in [3.63, 3.8) is 0 Å². The zero-order valence-electron chi connectivity index (χ0n) is 19.0. The molecule has 0 spiro atoms. The summed E-state index contributed by atoms with van der Waals surface area (Å²) >= 11 is 0. The molecule has 180 valence electrons. The van der Waals surface area contributed by atoms with Crippen molar-refractivity contribution < 1.29 is 28.2 Å². The number of allylic oxidation sites excluding steroid dienone is 2. The van der Waals surface area contributed by atoms with Gasteiger partial charge in [-0.1, -0.05) is 24.3 Å². The highest BCUT2D eigenvalue weighted by atomic mass is 19.1. The first-order valence-electron chi connectivity index (χ1n) is 11.4. The van der Waals surface area contributed by atoms with Crippen molar-refractivity contribution in [3.8, 4) is 5.75 Å². The second-order valence-electron chi connectivity index (χ2n) is 8.51. The number of aromatic carboxylic acids is 1. The van der Waals surface area contributed by atoms with Crippen LogP contribution in [-0.2, 0) is 17.8 Å². The fraction of sp³-hybridized carbons (Fsp3) is 0.214. The van der Waals surface area contributed by atoms with Crippen molar-refractivity contribution in [3.05, 3.63) is 100 Å². The number of carbonyl (C=O) groups excluding carboxylic acids is 1. The van der Waals surface area contributed by atoms with Crippen LogP contribution in [0.2, 0.25) is 0 Å². The van der Waals surface area contributed by atoms with E-state index in [0.717, 1.165) is 28.7 Å². The first kappa shape index (κ1) is 24.1. The Morgan fingerprint density at radius 1 is 0.914 bits per heavy atom. The molecule has 3 aromatic rings. The lowest BCUT2D eigenvalue weighted by atomic mass is 9.92. The molecule has 1 aliphatic rings. The molecule has 3 aromatic carbocycles. The first-order valence-corrected chi connectivity index (χ1v) is 11.4. The van der Waals surface area contributed by atoms with Crippen LogP contribution in [-0.4, -0.2) is 17.0 Å². The molecule has 0 saturated heterocycles. The maximum atomic E-state index is 14.3. The summed E-state index contributed by atoms with van der Waals surface area (Å²) in [5, 5.41) is 9.73. The van der Waals surface area contributed by atoms with Gasteiger partial charge in [-0.15, -0.1) is 0 Å². The molecule has 0 atom stereocenters. The van der Waals surface area contributed by atoms with Crippen molar-refractivity contribution in [1.29, 1.82) is 0 Å². The molecule has 3 N–H and O–H groups in total. The minimum Gasteiger partial charge on any atom is -0.488 e. The Labute approximate surface area is 201 Å². The van der Waals surface area contributed by atoms with E-state index in [4.69, 9.17) is 10.5 Å². The van der Waals surface area contributed by atoms with E-state index < -0.39 is 17.7 Å². The van der Waals surface area contributed by atoms with E-state index in [2.05, 4.69) is 0 Å². The van der Waals surface area contributed by atoms with Gasteiger partial charge in [-0.3, -0.25) is 4.79 Å². The van der Waals surface area contributed by atoms with Gasteiger partial charge in [0.25, 0.3) is 0 Å². The van der Waals surface area contributed by atoms with Crippen molar-refractivity contribution in [2.45, 2.75) is 38.7 Å². The molecule has 0 aromatic heterocycles. The van der Waals surface area contributed by atoms with Crippen LogP contribution in [0.3, 0.4) is 0 Å². The van der Waals surface area contributed by atoms with Crippen LogP contribution < -0.4 is 10.5 Å². The summed E-state index contributed by atoms with van der Waals surface area (Å²) in [5.74, 6) is -1.81. The number of carbonyl (C=O) groups is 2. The van der Waals surface area contributed by atoms with E-state index in [-0.39, 0.29) is 30.8 Å². The van der Waals surface area contributed by atoms with Crippen LogP contribution in [0, 0.1) is 11.6 Å². The van der Waals surface area contributed by atoms with Gasteiger partial charge in [0.1, 0.15) is 24.0 Å². The quantitative estimate of drug-likeness (QED) is 0.410. The van der Waals surface area contributed by atoms with Crippen molar-refractivity contribution >= 4 is 23.0 Å². The second-order valence-corrected chi connectivity index (χ2v) is 8.51. The average Bonchev–Trinajstić information content (AvgIpc) is 3.32. The van der Waals surface area contributed by atoms with Crippen LogP contribution in [0.5, 0.6) is 5.75 Å². The average molecular weight is 478 g/mol. The normalized spacial score (nSPS) is 13.2. The van der Waals surface area contributed by atoms with E-state index in [1.165, 1.54) is 24.3 Å². The van der Waals surface area contributed by atoms with Crippen LogP contribution in [0.1, 0.15) is 58.3 Å². The number of rotatable bonds is 9. The van der Waals surface area contributed by atoms with Crippen LogP contribution in [0.15, 0.2) is 60.7 Å². The molecule has 0 bridgehead atoms. The van der Waals surface area contributed by atoms with Crippen LogP contribution in [0.4, 0.5) is 8.78 Å². The predicted molar refractivity (Wildman–Crippen MR) is 129 cm³/mol. The Kier molecular flexibility index (Phi) is 7.25. The maximum Gasteiger partial charge on any atom is 0.335 e. The molecule has 0 heterocycles. The Morgan fingerprint density at radius 2 is 1.63 bits per heavy atom. The monoisotopic (exact) mass is 477 g/mol. The number of carboxylic acids is 1. The third-order valence-corrected chi connectivity index (χ3v) is 6.12. The van der Waals surface area contributed by atoms with E-state index in [1.807, 2.05) is 6.07 Å². The molecule has 7 heteroatoms. The number of carboxylic acid groups (broad SMARTS) is 1. The minimum absolute atomic E-state index is 0.0611. The molecular weight excluding hydrogens is 452 g/mol. The zero-order valence-corrected chi connectivity index (χ0v) is 19.0. The first-order chi connectivity index (χ1) is 16.8. The molecule has 5 nitrogen and oxygen atoms in total. The highest BCUT2D eigenvalue weighted by Gasteiger charge is 2.23. The van der Waals surface area contributed by atoms with Gasteiger partial charge in [0, 0.05) is 12.0 Å². The van der Waals surface area contributed by atoms with Crippen molar-refractivity contribution in [2.24, 2.45) is 5.73 Å². The molecule has 4 rings (SSSR count). The summed E-state index contributed by atoms with van der Waals surface area (Å²) in [5.41, 5.74) is 9.86. The summed E-state index contributed by atoms with van der Waals surface area (Å²) in [6.45, 7) is 0.194. The minimum atomic E-state index is -1.08. The third-order valence-electron chi connectivity index (χ3n) is 6.12. The molecule has 35 heavy (non-hydrogen) atoms. The number of primary amides is 1. The number of ether oxygens (including phenoxy) is 1. The van der Waals surface area contributed by atoms with Gasteiger partial charge in [-0.2, -0.15) is 0 Å². The Morgan fingerprint density at radius 3 is 2.34 bits per heavy atom. The molecule has 0 unspecified atom stereocenters. The lowest BCUT2D eigenvalue weighted by Gasteiger charge is -2.16. The summed E-state index contributed by atoms with van der Waals surface area (Å²) in [6, 6.07) is 15.5. The maximum absolute atomic E-state index is 14.3. The van der Waals surface area contributed by atoms with Crippen molar-refractivity contribution in [2.75, 3.05) is 0 Å². The molecular formula is C28H25F2NO4. The topological polar surface area (TPSA) is 89.6 Å². The van der Waals surface area contributed by atoms with Gasteiger partial charge in [-0.05, 0) is 89.9 Å². The van der Waals surface area contributed by atoms with E-state index in [1.54, 1.807) is 30.3 Å². The highest BCUT2D eigenvalue weighted by molar-refractivity contribution is 5.97. The fourth-order valence-corrected chi connectivity index (χ4v) is 4.40. The molecule has 0 aliphatic heterocycles. The SMILES string of the molecule is NC(=O)CCc1ccc(C2=C(c3cc(F)ccc3OCc3ccc(F)cc3)CCC2)cc1C(=O)O. The number of hydrogen-bond acceptors (Lipinski definition) is 3. The summed E-state index contributed by atoms with van der Waals surface area (Å²) in [7, 11) is 0. The summed E-state index contributed by atoms with van der Waals surface area (Å²) < 4.78 is 33.5. The number of hydrogen-bond donors (Lipinski definition) is 2. The number of benzene rings is 3. The zero-order chi connectivity index (χ0) is 24.9. The standard InChI is InChI=1S/C28H25F2NO4/c29-20-9-4-17(5-10-20)16-35-26-12-11-21(30)15-25(26)23-3-1-2-22(23)19-7-6-18(8-13-27(31)32)24(14-19)28(33)34/h4-7,9-12,14-15H,1-3,8,13,16H2,(H2,31,32)(H,33,34). The van der Waals surface area contributed by atoms with Gasteiger partial charge in [0.05, 0.1) is 5.56 Å². The van der Waals surface area contributed by atoms with E-state index in [9.17, 15) is 23.5 Å². The molecule has 0 fully saturated rings. The summed E-state index contributed by atoms with van der Waals surface area (Å²) in [4.78, 5) is 23.1. The molecule has 1 amide bonds. The fourth-order valence-electron chi connectivity index (χ4n) is 4.40. The predicted octanol–water partition coefficient (Wildman–Crippen LogP) is 5.75. The van der Waals surface area contributed by atoms with Crippen LogP contribution >= 0.6 is 0 Å². The Hall–Kier alpha value is -4.00. The second kappa shape index (κ2) is 10.5. The lowest BCUT2D eigenvalue weighted by Crippen LogP contribution is -2.13. The highest BCUT2D eigenvalue weighted by Crippen LogP contribution is 2.43.